The average Bonchev–Trinajstić information content (AvgIpc) is 2.37. The minimum atomic E-state index is -1.16. The van der Waals surface area contributed by atoms with E-state index < -0.39 is 24.0 Å². The molecule has 114 valence electrons. The van der Waals surface area contributed by atoms with Gasteiger partial charge in [0.05, 0.1) is 0 Å². The van der Waals surface area contributed by atoms with Gasteiger partial charge in [-0.05, 0) is 25.7 Å². The van der Waals surface area contributed by atoms with Crippen molar-refractivity contribution in [1.82, 2.24) is 10.2 Å². The number of amides is 2. The van der Waals surface area contributed by atoms with E-state index in [1.807, 2.05) is 0 Å². The molecule has 1 fully saturated rings. The Morgan fingerprint density at radius 1 is 1.25 bits per heavy atom. The van der Waals surface area contributed by atoms with Crippen molar-refractivity contribution >= 4 is 18.0 Å². The van der Waals surface area contributed by atoms with E-state index in [1.54, 1.807) is 0 Å². The molecule has 1 atom stereocenters. The third-order valence-corrected chi connectivity index (χ3v) is 3.31. The molecule has 0 aliphatic carbocycles. The highest BCUT2D eigenvalue weighted by molar-refractivity contribution is 5.82. The molecule has 0 spiro atoms. The zero-order valence-corrected chi connectivity index (χ0v) is 11.2. The van der Waals surface area contributed by atoms with Crippen LogP contribution in [0.1, 0.15) is 32.1 Å². The lowest BCUT2D eigenvalue weighted by molar-refractivity contribution is -0.140. The zero-order chi connectivity index (χ0) is 15.1. The number of nitrogens with two attached hydrogens (primary N) is 1. The molecule has 1 rings (SSSR count). The van der Waals surface area contributed by atoms with E-state index in [0.717, 1.165) is 0 Å². The number of carboxylic acid groups (broad SMARTS) is 2. The molecule has 0 aromatic rings. The van der Waals surface area contributed by atoms with Crippen LogP contribution in [-0.2, 0) is 9.59 Å². The maximum Gasteiger partial charge on any atom is 0.326 e. The maximum atomic E-state index is 11.9. The summed E-state index contributed by atoms with van der Waals surface area (Å²) < 4.78 is 0. The minimum absolute atomic E-state index is 0.0879. The van der Waals surface area contributed by atoms with Crippen LogP contribution < -0.4 is 11.1 Å². The molecule has 1 heterocycles. The summed E-state index contributed by atoms with van der Waals surface area (Å²) in [6.07, 6.45) is 1.59. The standard InChI is InChI=1S/C12H21N3O5/c13-8-4-6-15(7-5-8)12(20)14-9(11(18)19)2-1-3-10(16)17/h8-9H,1-7,13H2,(H,14,20)(H,16,17)(H,18,19)/t9-/m1/s1. The van der Waals surface area contributed by atoms with Crippen LogP contribution in [0.5, 0.6) is 0 Å². The summed E-state index contributed by atoms with van der Waals surface area (Å²) in [6, 6.07) is -1.40. The monoisotopic (exact) mass is 287 g/mol. The Labute approximate surface area is 116 Å². The van der Waals surface area contributed by atoms with Crippen molar-refractivity contribution in [1.29, 1.82) is 0 Å². The van der Waals surface area contributed by atoms with Gasteiger partial charge >= 0.3 is 18.0 Å². The normalized spacial score (nSPS) is 17.6. The molecular weight excluding hydrogens is 266 g/mol. The van der Waals surface area contributed by atoms with Crippen LogP contribution in [0.2, 0.25) is 0 Å². The Balaban J connectivity index is 2.42. The van der Waals surface area contributed by atoms with Gasteiger partial charge in [-0.3, -0.25) is 4.79 Å². The SMILES string of the molecule is NC1CCN(C(=O)N[C@H](CCCC(=O)O)C(=O)O)CC1. The third-order valence-electron chi connectivity index (χ3n) is 3.31. The topological polar surface area (TPSA) is 133 Å². The fraction of sp³-hybridized carbons (Fsp3) is 0.750. The first-order chi connectivity index (χ1) is 9.40. The first-order valence-electron chi connectivity index (χ1n) is 6.65. The minimum Gasteiger partial charge on any atom is -0.481 e. The summed E-state index contributed by atoms with van der Waals surface area (Å²) in [5.41, 5.74) is 5.73. The summed E-state index contributed by atoms with van der Waals surface area (Å²) >= 11 is 0. The lowest BCUT2D eigenvalue weighted by atomic mass is 10.1. The zero-order valence-electron chi connectivity index (χ0n) is 11.2. The molecule has 20 heavy (non-hydrogen) atoms. The highest BCUT2D eigenvalue weighted by Crippen LogP contribution is 2.09. The number of hydrogen-bond donors (Lipinski definition) is 4. The van der Waals surface area contributed by atoms with Gasteiger partial charge in [-0.15, -0.1) is 0 Å². The summed E-state index contributed by atoms with van der Waals surface area (Å²) in [4.78, 5) is 34.9. The van der Waals surface area contributed by atoms with Crippen molar-refractivity contribution in [2.75, 3.05) is 13.1 Å². The van der Waals surface area contributed by atoms with E-state index in [1.165, 1.54) is 4.90 Å². The largest absolute Gasteiger partial charge is 0.481 e. The van der Waals surface area contributed by atoms with Gasteiger partial charge in [0.25, 0.3) is 0 Å². The van der Waals surface area contributed by atoms with Crippen LogP contribution in [0.15, 0.2) is 0 Å². The van der Waals surface area contributed by atoms with Gasteiger partial charge < -0.3 is 26.2 Å². The number of carbonyl (C=O) groups is 3. The number of likely N-dealkylation sites (tertiary alicyclic amines) is 1. The van der Waals surface area contributed by atoms with Crippen LogP contribution in [0, 0.1) is 0 Å². The summed E-state index contributed by atoms with van der Waals surface area (Å²) in [5, 5.41) is 20.0. The Bertz CT molecular complexity index is 366. The Morgan fingerprint density at radius 3 is 2.35 bits per heavy atom. The molecule has 1 saturated heterocycles. The van der Waals surface area contributed by atoms with Gasteiger partial charge in [0.1, 0.15) is 6.04 Å². The van der Waals surface area contributed by atoms with Crippen molar-refractivity contribution in [2.24, 2.45) is 5.73 Å². The van der Waals surface area contributed by atoms with Gasteiger partial charge in [0.2, 0.25) is 0 Å². The molecule has 0 unspecified atom stereocenters. The smallest absolute Gasteiger partial charge is 0.326 e. The molecule has 5 N–H and O–H groups in total. The van der Waals surface area contributed by atoms with Gasteiger partial charge in [-0.1, -0.05) is 0 Å². The lowest BCUT2D eigenvalue weighted by Gasteiger charge is -2.31. The number of aliphatic carboxylic acids is 2. The number of hydrogen-bond acceptors (Lipinski definition) is 4. The van der Waals surface area contributed by atoms with Crippen LogP contribution in [-0.4, -0.2) is 58.3 Å². The molecule has 0 bridgehead atoms. The first kappa shape index (κ1) is 16.2. The second-order valence-corrected chi connectivity index (χ2v) is 4.95. The fourth-order valence-corrected chi connectivity index (χ4v) is 2.06. The van der Waals surface area contributed by atoms with Crippen LogP contribution in [0.25, 0.3) is 0 Å². The maximum absolute atomic E-state index is 11.9. The molecule has 0 aromatic heterocycles. The van der Waals surface area contributed by atoms with Crippen molar-refractivity contribution in [3.63, 3.8) is 0 Å². The van der Waals surface area contributed by atoms with E-state index in [9.17, 15) is 14.4 Å². The molecule has 0 aromatic carbocycles. The van der Waals surface area contributed by atoms with Gasteiger partial charge in [0.15, 0.2) is 0 Å². The number of rotatable bonds is 6. The number of nitrogens with one attached hydrogen (secondary N) is 1. The highest BCUT2D eigenvalue weighted by Gasteiger charge is 2.25. The number of carbonyl (C=O) groups excluding carboxylic acids is 1. The number of piperidine rings is 1. The first-order valence-corrected chi connectivity index (χ1v) is 6.65. The Kier molecular flexibility index (Phi) is 6.23. The average molecular weight is 287 g/mol. The number of urea groups is 1. The molecule has 8 heteroatoms. The van der Waals surface area contributed by atoms with Crippen molar-refractivity contribution in [2.45, 2.75) is 44.2 Å². The Morgan fingerprint density at radius 2 is 1.85 bits per heavy atom. The molecule has 0 radical (unpaired) electrons. The van der Waals surface area contributed by atoms with Gasteiger partial charge in [-0.25, -0.2) is 9.59 Å². The predicted molar refractivity (Wildman–Crippen MR) is 70.2 cm³/mol. The molecule has 0 saturated carbocycles. The second kappa shape index (κ2) is 7.68. The molecule has 8 nitrogen and oxygen atoms in total. The van der Waals surface area contributed by atoms with Crippen LogP contribution in [0.4, 0.5) is 4.79 Å². The van der Waals surface area contributed by atoms with E-state index in [4.69, 9.17) is 15.9 Å². The van der Waals surface area contributed by atoms with E-state index in [-0.39, 0.29) is 25.3 Å². The third kappa shape index (κ3) is 5.43. The highest BCUT2D eigenvalue weighted by atomic mass is 16.4. The molecule has 1 aliphatic rings. The van der Waals surface area contributed by atoms with Crippen molar-refractivity contribution in [3.8, 4) is 0 Å². The van der Waals surface area contributed by atoms with Gasteiger partial charge in [-0.2, -0.15) is 0 Å². The van der Waals surface area contributed by atoms with E-state index in [0.29, 0.717) is 25.9 Å². The summed E-state index contributed by atoms with van der Waals surface area (Å²) in [5.74, 6) is -2.14. The summed E-state index contributed by atoms with van der Waals surface area (Å²) in [7, 11) is 0. The molecule has 2 amide bonds. The van der Waals surface area contributed by atoms with Crippen LogP contribution >= 0.6 is 0 Å². The van der Waals surface area contributed by atoms with Crippen molar-refractivity contribution in [3.05, 3.63) is 0 Å². The van der Waals surface area contributed by atoms with Gasteiger partial charge in [0, 0.05) is 25.6 Å². The number of carboxylic acids is 2. The van der Waals surface area contributed by atoms with Crippen molar-refractivity contribution < 1.29 is 24.6 Å². The lowest BCUT2D eigenvalue weighted by Crippen LogP contribution is -2.51. The summed E-state index contributed by atoms with van der Waals surface area (Å²) in [6.45, 7) is 1.02. The molecular formula is C12H21N3O5. The van der Waals surface area contributed by atoms with Crippen LogP contribution in [0.3, 0.4) is 0 Å². The molecule has 1 aliphatic heterocycles. The number of nitrogens with zero attached hydrogens (tertiary/aromatic N) is 1. The quantitative estimate of drug-likeness (QED) is 0.536. The Hall–Kier alpha value is -1.83. The second-order valence-electron chi connectivity index (χ2n) is 4.95. The predicted octanol–water partition coefficient (Wildman–Crippen LogP) is -0.173. The van der Waals surface area contributed by atoms with E-state index in [2.05, 4.69) is 5.32 Å². The fourth-order valence-electron chi connectivity index (χ4n) is 2.06. The van der Waals surface area contributed by atoms with E-state index >= 15 is 0 Å².